The molecule has 0 radical (unpaired) electrons. The first kappa shape index (κ1) is 18.6. The molecule has 120 valence electrons. The average molecular weight is 377 g/mol. The highest BCUT2D eigenvalue weighted by Gasteiger charge is 2.27. The van der Waals surface area contributed by atoms with Crippen molar-refractivity contribution in [2.45, 2.75) is 39.1 Å². The Morgan fingerprint density at radius 1 is 1.29 bits per heavy atom. The topological polar surface area (TPSA) is 49.4 Å². The van der Waals surface area contributed by atoms with Crippen LogP contribution in [-0.2, 0) is 16.6 Å². The first-order valence-electron chi connectivity index (χ1n) is 7.03. The molecule has 0 aliphatic heterocycles. The van der Waals surface area contributed by atoms with Gasteiger partial charge in [-0.15, -0.1) is 0 Å². The number of rotatable bonds is 6. The highest BCUT2D eigenvalue weighted by Crippen LogP contribution is 2.27. The predicted molar refractivity (Wildman–Crippen MR) is 90.8 cm³/mol. The Hall–Kier alpha value is -0.430. The van der Waals surface area contributed by atoms with E-state index in [0.29, 0.717) is 15.9 Å². The zero-order chi connectivity index (χ0) is 16.3. The third-order valence-corrected chi connectivity index (χ3v) is 5.74. The van der Waals surface area contributed by atoms with E-state index in [-0.39, 0.29) is 5.41 Å². The van der Waals surface area contributed by atoms with Crippen molar-refractivity contribution in [3.8, 4) is 0 Å². The van der Waals surface area contributed by atoms with E-state index >= 15 is 0 Å². The molecule has 0 spiro atoms. The molecule has 1 aromatic carbocycles. The minimum Gasteiger partial charge on any atom is -0.313 e. The predicted octanol–water partition coefficient (Wildman–Crippen LogP) is 3.23. The fourth-order valence-corrected chi connectivity index (χ4v) is 4.53. The van der Waals surface area contributed by atoms with Crippen molar-refractivity contribution in [3.05, 3.63) is 28.2 Å². The molecule has 0 unspecified atom stereocenters. The molecule has 0 bridgehead atoms. The maximum Gasteiger partial charge on any atom is 0.243 e. The Labute approximate surface area is 137 Å². The maximum absolute atomic E-state index is 12.6. The number of nitrogens with one attached hydrogen (secondary N) is 1. The minimum absolute atomic E-state index is 0.0840. The summed E-state index contributed by atoms with van der Waals surface area (Å²) in [6.07, 6.45) is 0. The largest absolute Gasteiger partial charge is 0.313 e. The molecule has 6 heteroatoms. The summed E-state index contributed by atoms with van der Waals surface area (Å²) in [7, 11) is -1.85. The van der Waals surface area contributed by atoms with Crippen LogP contribution in [0.25, 0.3) is 0 Å². The summed E-state index contributed by atoms with van der Waals surface area (Å²) in [6, 6.07) is 5.39. The molecule has 0 aromatic heterocycles. The number of halogens is 1. The Balaban J connectivity index is 3.03. The van der Waals surface area contributed by atoms with Crippen LogP contribution in [0.5, 0.6) is 0 Å². The summed E-state index contributed by atoms with van der Waals surface area (Å²) in [5.41, 5.74) is 0.973. The monoisotopic (exact) mass is 376 g/mol. The molecular formula is C15H25BrN2O2S. The number of sulfonamides is 1. The van der Waals surface area contributed by atoms with Gasteiger partial charge >= 0.3 is 0 Å². The maximum atomic E-state index is 12.6. The van der Waals surface area contributed by atoms with E-state index < -0.39 is 10.0 Å². The van der Waals surface area contributed by atoms with Gasteiger partial charge in [0, 0.05) is 24.6 Å². The van der Waals surface area contributed by atoms with E-state index in [1.807, 2.05) is 39.8 Å². The molecule has 1 aromatic rings. The molecule has 0 atom stereocenters. The highest BCUT2D eigenvalue weighted by molar-refractivity contribution is 9.10. The Morgan fingerprint density at radius 3 is 2.38 bits per heavy atom. The van der Waals surface area contributed by atoms with Gasteiger partial charge in [-0.25, -0.2) is 12.7 Å². The van der Waals surface area contributed by atoms with Crippen molar-refractivity contribution >= 4 is 26.0 Å². The first-order valence-corrected chi connectivity index (χ1v) is 9.26. The van der Waals surface area contributed by atoms with Gasteiger partial charge in [-0.3, -0.25) is 0 Å². The fourth-order valence-electron chi connectivity index (χ4n) is 2.05. The van der Waals surface area contributed by atoms with Crippen LogP contribution in [0.1, 0.15) is 33.3 Å². The molecule has 0 saturated carbocycles. The molecule has 21 heavy (non-hydrogen) atoms. The van der Waals surface area contributed by atoms with Gasteiger partial charge in [0.05, 0.1) is 4.90 Å². The van der Waals surface area contributed by atoms with E-state index in [9.17, 15) is 8.42 Å². The molecule has 1 N–H and O–H groups in total. The summed E-state index contributed by atoms with van der Waals surface area (Å²) >= 11 is 3.39. The quantitative estimate of drug-likeness (QED) is 0.828. The van der Waals surface area contributed by atoms with Gasteiger partial charge in [0.25, 0.3) is 0 Å². The van der Waals surface area contributed by atoms with Crippen LogP contribution >= 0.6 is 15.9 Å². The summed E-state index contributed by atoms with van der Waals surface area (Å²) in [4.78, 5) is 0.314. The van der Waals surface area contributed by atoms with Gasteiger partial charge in [-0.2, -0.15) is 0 Å². The smallest absolute Gasteiger partial charge is 0.243 e. The number of nitrogens with zero attached hydrogens (tertiary/aromatic N) is 1. The van der Waals surface area contributed by atoms with Gasteiger partial charge in [0.15, 0.2) is 0 Å². The van der Waals surface area contributed by atoms with Crippen LogP contribution in [0.4, 0.5) is 0 Å². The van der Waals surface area contributed by atoms with Crippen molar-refractivity contribution in [1.82, 2.24) is 9.62 Å². The lowest BCUT2D eigenvalue weighted by Crippen LogP contribution is -2.34. The van der Waals surface area contributed by atoms with Gasteiger partial charge in [0.1, 0.15) is 0 Å². The van der Waals surface area contributed by atoms with Crippen molar-refractivity contribution in [2.24, 2.45) is 5.41 Å². The van der Waals surface area contributed by atoms with Crippen LogP contribution in [0.2, 0.25) is 0 Å². The zero-order valence-corrected chi connectivity index (χ0v) is 15.8. The van der Waals surface area contributed by atoms with Gasteiger partial charge in [0.2, 0.25) is 10.0 Å². The van der Waals surface area contributed by atoms with Gasteiger partial charge in [-0.05, 0) is 45.6 Å². The van der Waals surface area contributed by atoms with Crippen LogP contribution in [0, 0.1) is 5.41 Å². The highest BCUT2D eigenvalue weighted by atomic mass is 79.9. The lowest BCUT2D eigenvalue weighted by molar-refractivity contribution is 0.310. The van der Waals surface area contributed by atoms with Crippen molar-refractivity contribution in [2.75, 3.05) is 20.1 Å². The summed E-state index contributed by atoms with van der Waals surface area (Å²) < 4.78 is 27.3. The van der Waals surface area contributed by atoms with Crippen LogP contribution in [-0.4, -0.2) is 32.9 Å². The Morgan fingerprint density at radius 2 is 1.90 bits per heavy atom. The van der Waals surface area contributed by atoms with Crippen molar-refractivity contribution in [3.63, 3.8) is 0 Å². The second-order valence-corrected chi connectivity index (χ2v) is 9.23. The van der Waals surface area contributed by atoms with E-state index in [4.69, 9.17) is 0 Å². The Bertz CT molecular complexity index is 580. The number of hydrogen-bond donors (Lipinski definition) is 1. The van der Waals surface area contributed by atoms with Crippen molar-refractivity contribution < 1.29 is 8.42 Å². The lowest BCUT2D eigenvalue weighted by Gasteiger charge is -2.26. The van der Waals surface area contributed by atoms with Crippen LogP contribution in [0.15, 0.2) is 27.6 Å². The molecule has 0 heterocycles. The lowest BCUT2D eigenvalue weighted by atomic mass is 9.97. The third kappa shape index (κ3) is 5.36. The molecule has 0 saturated heterocycles. The minimum atomic E-state index is -3.47. The summed E-state index contributed by atoms with van der Waals surface area (Å²) in [5, 5.41) is 3.22. The molecule has 0 fully saturated rings. The Kier molecular flexibility index (Phi) is 6.40. The standard InChI is InChI=1S/C15H25BrN2O2S/c1-6-17-10-12-7-8-14(13(16)9-12)21(19,20)18(5)11-15(2,3)4/h7-9,17H,6,10-11H2,1-5H3. The second kappa shape index (κ2) is 7.22. The third-order valence-electron chi connectivity index (χ3n) is 2.96. The zero-order valence-electron chi connectivity index (χ0n) is 13.4. The van der Waals surface area contributed by atoms with Gasteiger partial charge < -0.3 is 5.32 Å². The molecule has 0 aliphatic rings. The van der Waals surface area contributed by atoms with Gasteiger partial charge in [-0.1, -0.05) is 33.8 Å². The molecular weight excluding hydrogens is 352 g/mol. The molecule has 0 aliphatic carbocycles. The van der Waals surface area contributed by atoms with E-state index in [2.05, 4.69) is 21.2 Å². The average Bonchev–Trinajstić information content (AvgIpc) is 2.34. The number of benzene rings is 1. The van der Waals surface area contributed by atoms with E-state index in [1.54, 1.807) is 13.1 Å². The summed E-state index contributed by atoms with van der Waals surface area (Å²) in [5.74, 6) is 0. The SMILES string of the molecule is CCNCc1ccc(S(=O)(=O)N(C)CC(C)(C)C)c(Br)c1. The first-order chi connectivity index (χ1) is 9.58. The van der Waals surface area contributed by atoms with Crippen molar-refractivity contribution in [1.29, 1.82) is 0 Å². The summed E-state index contributed by atoms with van der Waals surface area (Å²) in [6.45, 7) is 10.2. The number of hydrogen-bond acceptors (Lipinski definition) is 3. The normalized spacial score (nSPS) is 12.9. The second-order valence-electron chi connectivity index (χ2n) is 6.37. The van der Waals surface area contributed by atoms with E-state index in [0.717, 1.165) is 18.7 Å². The molecule has 0 amide bonds. The molecule has 1 rings (SSSR count). The fraction of sp³-hybridized carbons (Fsp3) is 0.600. The van der Waals surface area contributed by atoms with Crippen LogP contribution in [0.3, 0.4) is 0 Å². The molecule has 4 nitrogen and oxygen atoms in total. The van der Waals surface area contributed by atoms with E-state index in [1.165, 1.54) is 4.31 Å². The van der Waals surface area contributed by atoms with Crippen LogP contribution < -0.4 is 5.32 Å².